The van der Waals surface area contributed by atoms with Crippen molar-refractivity contribution >= 4 is 5.91 Å². The molecule has 0 radical (unpaired) electrons. The van der Waals surface area contributed by atoms with Crippen LogP contribution in [0.15, 0.2) is 36.2 Å². The van der Waals surface area contributed by atoms with Crippen molar-refractivity contribution in [2.75, 3.05) is 19.7 Å². The number of carbonyl (C=O) groups excluding carboxylic acids is 1. The molecule has 1 amide bonds. The molecule has 0 spiro atoms. The molecule has 0 atom stereocenters. The summed E-state index contributed by atoms with van der Waals surface area (Å²) in [6, 6.07) is 7.82. The van der Waals surface area contributed by atoms with Crippen molar-refractivity contribution < 1.29 is 22.7 Å². The van der Waals surface area contributed by atoms with Crippen LogP contribution in [-0.4, -0.2) is 32.0 Å². The van der Waals surface area contributed by atoms with Gasteiger partial charge in [-0.1, -0.05) is 12.1 Å². The van der Waals surface area contributed by atoms with E-state index in [1.54, 1.807) is 0 Å². The number of fused-ring (bicyclic) bond motifs is 3. The molecule has 7 heteroatoms. The first-order valence-corrected chi connectivity index (χ1v) is 9.71. The average molecular weight is 396 g/mol. The molecular weight excluding hydrogens is 369 g/mol. The van der Waals surface area contributed by atoms with Crippen LogP contribution in [-0.2, 0) is 10.2 Å². The van der Waals surface area contributed by atoms with Gasteiger partial charge in [0.2, 0.25) is 5.91 Å². The van der Waals surface area contributed by atoms with Crippen molar-refractivity contribution in [2.24, 2.45) is 11.1 Å². The Morgan fingerprint density at radius 2 is 1.75 bits per heavy atom. The van der Waals surface area contributed by atoms with Crippen LogP contribution in [0.2, 0.25) is 0 Å². The van der Waals surface area contributed by atoms with E-state index < -0.39 is 18.4 Å². The number of hydrogen-bond acceptors (Lipinski definition) is 3. The van der Waals surface area contributed by atoms with E-state index in [1.807, 2.05) is 24.3 Å². The SMILES string of the molecule is NCC(=CF)COc1ccc(C23CCC(C(=O)NCC(F)F)(CC2)CC3)cc1. The molecule has 3 aliphatic rings. The minimum Gasteiger partial charge on any atom is -0.489 e. The molecule has 3 saturated carbocycles. The maximum Gasteiger partial charge on any atom is 0.255 e. The van der Waals surface area contributed by atoms with Crippen LogP contribution in [0, 0.1) is 5.41 Å². The lowest BCUT2D eigenvalue weighted by Crippen LogP contribution is -2.52. The van der Waals surface area contributed by atoms with Gasteiger partial charge in [-0.3, -0.25) is 4.79 Å². The number of hydrogen-bond donors (Lipinski definition) is 2. The van der Waals surface area contributed by atoms with Crippen molar-refractivity contribution in [1.29, 1.82) is 0 Å². The van der Waals surface area contributed by atoms with Crippen LogP contribution in [0.1, 0.15) is 44.1 Å². The molecule has 2 bridgehead atoms. The standard InChI is InChI=1S/C21H27F3N2O2/c22-11-15(12-25)14-28-17-3-1-16(2-4-17)20-5-8-21(9-6-20,10-7-20)19(27)26-13-18(23)24/h1-4,11,18H,5-10,12-14,25H2,(H,26,27). The second-order valence-electron chi connectivity index (χ2n) is 7.95. The van der Waals surface area contributed by atoms with Crippen LogP contribution in [0.5, 0.6) is 5.75 Å². The van der Waals surface area contributed by atoms with E-state index in [4.69, 9.17) is 10.5 Å². The Morgan fingerprint density at radius 3 is 2.25 bits per heavy atom. The van der Waals surface area contributed by atoms with Gasteiger partial charge in [0.05, 0.1) is 12.9 Å². The van der Waals surface area contributed by atoms with E-state index in [2.05, 4.69) is 5.32 Å². The summed E-state index contributed by atoms with van der Waals surface area (Å²) in [5.74, 6) is 0.432. The van der Waals surface area contributed by atoms with Gasteiger partial charge in [-0.05, 0) is 61.6 Å². The van der Waals surface area contributed by atoms with Crippen LogP contribution in [0.25, 0.3) is 0 Å². The molecule has 154 valence electrons. The van der Waals surface area contributed by atoms with Gasteiger partial charge in [0.25, 0.3) is 6.43 Å². The third kappa shape index (κ3) is 4.19. The van der Waals surface area contributed by atoms with Crippen LogP contribution in [0.3, 0.4) is 0 Å². The van der Waals surface area contributed by atoms with Crippen LogP contribution >= 0.6 is 0 Å². The molecule has 4 rings (SSSR count). The summed E-state index contributed by atoms with van der Waals surface area (Å²) < 4.78 is 42.9. The van der Waals surface area contributed by atoms with E-state index in [0.29, 0.717) is 17.7 Å². The second-order valence-corrected chi connectivity index (χ2v) is 7.95. The number of nitrogens with one attached hydrogen (secondary N) is 1. The maximum atomic E-state index is 12.6. The van der Waals surface area contributed by atoms with Crippen molar-refractivity contribution in [1.82, 2.24) is 5.32 Å². The Labute approximate surface area is 163 Å². The van der Waals surface area contributed by atoms with Crippen LogP contribution < -0.4 is 15.8 Å². The molecule has 0 unspecified atom stereocenters. The Balaban J connectivity index is 1.61. The zero-order chi connectivity index (χ0) is 20.2. The normalized spacial score (nSPS) is 27.1. The number of nitrogens with two attached hydrogens (primary N) is 1. The van der Waals surface area contributed by atoms with Crippen molar-refractivity contribution in [3.8, 4) is 5.75 Å². The van der Waals surface area contributed by atoms with Crippen molar-refractivity contribution in [3.63, 3.8) is 0 Å². The summed E-state index contributed by atoms with van der Waals surface area (Å²) >= 11 is 0. The van der Waals surface area contributed by atoms with E-state index in [1.165, 1.54) is 5.56 Å². The van der Waals surface area contributed by atoms with E-state index in [9.17, 15) is 18.0 Å². The zero-order valence-corrected chi connectivity index (χ0v) is 15.9. The zero-order valence-electron chi connectivity index (χ0n) is 15.9. The molecule has 3 aliphatic carbocycles. The summed E-state index contributed by atoms with van der Waals surface area (Å²) in [5, 5.41) is 2.42. The summed E-state index contributed by atoms with van der Waals surface area (Å²) in [7, 11) is 0. The molecular formula is C21H27F3N2O2. The second kappa shape index (κ2) is 8.55. The fourth-order valence-corrected chi connectivity index (χ4v) is 4.53. The minimum absolute atomic E-state index is 0.0323. The number of rotatable bonds is 8. The van der Waals surface area contributed by atoms with E-state index >= 15 is 0 Å². The summed E-state index contributed by atoms with van der Waals surface area (Å²) in [5.41, 5.74) is 6.57. The van der Waals surface area contributed by atoms with Gasteiger partial charge in [-0.25, -0.2) is 13.2 Å². The van der Waals surface area contributed by atoms with Gasteiger partial charge in [-0.2, -0.15) is 0 Å². The van der Waals surface area contributed by atoms with Crippen LogP contribution in [0.4, 0.5) is 13.2 Å². The monoisotopic (exact) mass is 396 g/mol. The minimum atomic E-state index is -2.52. The molecule has 3 N–H and O–H groups in total. The van der Waals surface area contributed by atoms with Crippen molar-refractivity contribution in [3.05, 3.63) is 41.7 Å². The smallest absolute Gasteiger partial charge is 0.255 e. The molecule has 3 fully saturated rings. The number of halogens is 3. The first-order valence-electron chi connectivity index (χ1n) is 9.71. The predicted octanol–water partition coefficient (Wildman–Crippen LogP) is 3.85. The fraction of sp³-hybridized carbons (Fsp3) is 0.571. The molecule has 4 nitrogen and oxygen atoms in total. The molecule has 0 heterocycles. The highest BCUT2D eigenvalue weighted by Crippen LogP contribution is 2.57. The Bertz CT molecular complexity index is 694. The average Bonchev–Trinajstić information content (AvgIpc) is 2.74. The number of benzene rings is 1. The van der Waals surface area contributed by atoms with Gasteiger partial charge < -0.3 is 15.8 Å². The molecule has 1 aromatic rings. The quantitative estimate of drug-likeness (QED) is 0.702. The maximum absolute atomic E-state index is 12.6. The summed E-state index contributed by atoms with van der Waals surface area (Å²) in [4.78, 5) is 12.4. The highest BCUT2D eigenvalue weighted by atomic mass is 19.3. The number of carbonyl (C=O) groups is 1. The van der Waals surface area contributed by atoms with E-state index in [-0.39, 0.29) is 24.5 Å². The molecule has 0 aliphatic heterocycles. The largest absolute Gasteiger partial charge is 0.489 e. The summed E-state index contributed by atoms with van der Waals surface area (Å²) in [6.45, 7) is -0.339. The van der Waals surface area contributed by atoms with Gasteiger partial charge in [-0.15, -0.1) is 0 Å². The topological polar surface area (TPSA) is 64.3 Å². The van der Waals surface area contributed by atoms with E-state index in [0.717, 1.165) is 38.5 Å². The highest BCUT2D eigenvalue weighted by Gasteiger charge is 2.52. The Hall–Kier alpha value is -2.02. The first-order chi connectivity index (χ1) is 13.4. The molecule has 0 aromatic heterocycles. The third-order valence-corrected chi connectivity index (χ3v) is 6.45. The van der Waals surface area contributed by atoms with Gasteiger partial charge in [0.1, 0.15) is 12.4 Å². The lowest BCUT2D eigenvalue weighted by molar-refractivity contribution is -0.138. The molecule has 1 aromatic carbocycles. The third-order valence-electron chi connectivity index (χ3n) is 6.45. The summed E-state index contributed by atoms with van der Waals surface area (Å²) in [6.07, 6.45) is 2.74. The lowest BCUT2D eigenvalue weighted by Gasteiger charge is -2.52. The fourth-order valence-electron chi connectivity index (χ4n) is 4.53. The molecule has 28 heavy (non-hydrogen) atoms. The lowest BCUT2D eigenvalue weighted by atomic mass is 9.51. The number of amides is 1. The number of ether oxygens (including phenoxy) is 1. The van der Waals surface area contributed by atoms with Gasteiger partial charge >= 0.3 is 0 Å². The Morgan fingerprint density at radius 1 is 1.14 bits per heavy atom. The van der Waals surface area contributed by atoms with Gasteiger partial charge in [0, 0.05) is 17.5 Å². The first kappa shape index (κ1) is 20.7. The molecule has 0 saturated heterocycles. The predicted molar refractivity (Wildman–Crippen MR) is 101 cm³/mol. The van der Waals surface area contributed by atoms with Crippen molar-refractivity contribution in [2.45, 2.75) is 50.4 Å². The van der Waals surface area contributed by atoms with Gasteiger partial charge in [0.15, 0.2) is 0 Å². The number of alkyl halides is 2. The highest BCUT2D eigenvalue weighted by molar-refractivity contribution is 5.83. The Kier molecular flexibility index (Phi) is 6.33.